The van der Waals surface area contributed by atoms with E-state index in [0.717, 1.165) is 4.47 Å². The van der Waals surface area contributed by atoms with E-state index >= 15 is 0 Å². The van der Waals surface area contributed by atoms with E-state index in [-0.39, 0.29) is 19.1 Å². The molecule has 0 heterocycles. The number of nitrogens with one attached hydrogen (secondary N) is 1. The molecule has 4 nitrogen and oxygen atoms in total. The topological polar surface area (TPSA) is 58.6 Å². The molecule has 1 amide bonds. The van der Waals surface area contributed by atoms with Gasteiger partial charge in [-0.05, 0) is 32.0 Å². The van der Waals surface area contributed by atoms with Crippen LogP contribution in [-0.4, -0.2) is 29.8 Å². The van der Waals surface area contributed by atoms with Crippen molar-refractivity contribution in [3.63, 3.8) is 0 Å². The summed E-state index contributed by atoms with van der Waals surface area (Å²) in [5, 5.41) is 11.7. The number of carbonyl (C=O) groups excluding carboxylic acids is 1. The summed E-state index contributed by atoms with van der Waals surface area (Å²) in [4.78, 5) is 11.5. The lowest BCUT2D eigenvalue weighted by Gasteiger charge is -2.23. The first-order valence-electron chi connectivity index (χ1n) is 5.23. The molecule has 0 unspecified atom stereocenters. The highest BCUT2D eigenvalue weighted by Gasteiger charge is 2.19. The van der Waals surface area contributed by atoms with Crippen LogP contribution in [0.5, 0.6) is 5.75 Å². The molecule has 0 fully saturated rings. The van der Waals surface area contributed by atoms with Crippen molar-refractivity contribution in [1.82, 2.24) is 5.32 Å². The van der Waals surface area contributed by atoms with E-state index in [1.165, 1.54) is 0 Å². The molecule has 0 aliphatic rings. The lowest BCUT2D eigenvalue weighted by molar-refractivity contribution is -0.125. The lowest BCUT2D eigenvalue weighted by Crippen LogP contribution is -2.48. The molecule has 5 heteroatoms. The van der Waals surface area contributed by atoms with Crippen LogP contribution in [0.15, 0.2) is 28.7 Å². The number of aliphatic hydroxyl groups excluding tert-OH is 1. The molecule has 17 heavy (non-hydrogen) atoms. The van der Waals surface area contributed by atoms with Gasteiger partial charge in [-0.1, -0.05) is 22.0 Å². The van der Waals surface area contributed by atoms with Gasteiger partial charge in [-0.25, -0.2) is 0 Å². The van der Waals surface area contributed by atoms with Gasteiger partial charge >= 0.3 is 0 Å². The number of aliphatic hydroxyl groups is 1. The van der Waals surface area contributed by atoms with Crippen molar-refractivity contribution in [3.8, 4) is 5.75 Å². The molecule has 0 aromatic heterocycles. The van der Waals surface area contributed by atoms with Gasteiger partial charge < -0.3 is 15.2 Å². The molecule has 2 N–H and O–H groups in total. The summed E-state index contributed by atoms with van der Waals surface area (Å²) >= 11 is 3.32. The first-order chi connectivity index (χ1) is 7.93. The van der Waals surface area contributed by atoms with E-state index in [1.807, 2.05) is 12.1 Å². The van der Waals surface area contributed by atoms with Gasteiger partial charge in [0.15, 0.2) is 6.61 Å². The molecule has 1 rings (SSSR count). The Balaban J connectivity index is 2.44. The summed E-state index contributed by atoms with van der Waals surface area (Å²) in [7, 11) is 0. The summed E-state index contributed by atoms with van der Waals surface area (Å²) in [6, 6.07) is 7.26. The van der Waals surface area contributed by atoms with Gasteiger partial charge in [0.05, 0.1) is 12.1 Å². The predicted molar refractivity (Wildman–Crippen MR) is 68.9 cm³/mol. The fourth-order valence-corrected chi connectivity index (χ4v) is 1.54. The minimum atomic E-state index is -0.627. The maximum Gasteiger partial charge on any atom is 0.258 e. The van der Waals surface area contributed by atoms with E-state index < -0.39 is 5.54 Å². The number of benzene rings is 1. The van der Waals surface area contributed by atoms with Crippen molar-refractivity contribution < 1.29 is 14.6 Å². The van der Waals surface area contributed by atoms with Gasteiger partial charge in [0, 0.05) is 4.47 Å². The Morgan fingerprint density at radius 2 is 2.24 bits per heavy atom. The van der Waals surface area contributed by atoms with Gasteiger partial charge in [0.25, 0.3) is 5.91 Å². The number of hydrogen-bond donors (Lipinski definition) is 2. The lowest BCUT2D eigenvalue weighted by atomic mass is 10.1. The molecule has 0 aliphatic carbocycles. The Kier molecular flexibility index (Phi) is 4.96. The zero-order valence-electron chi connectivity index (χ0n) is 9.87. The summed E-state index contributed by atoms with van der Waals surface area (Å²) in [6.45, 7) is 3.30. The Hall–Kier alpha value is -1.07. The average Bonchev–Trinajstić information content (AvgIpc) is 2.26. The van der Waals surface area contributed by atoms with Crippen LogP contribution in [0.25, 0.3) is 0 Å². The highest BCUT2D eigenvalue weighted by Crippen LogP contribution is 2.17. The van der Waals surface area contributed by atoms with Crippen molar-refractivity contribution in [1.29, 1.82) is 0 Å². The van der Waals surface area contributed by atoms with E-state index in [4.69, 9.17) is 9.84 Å². The van der Waals surface area contributed by atoms with Crippen LogP contribution in [-0.2, 0) is 4.79 Å². The highest BCUT2D eigenvalue weighted by molar-refractivity contribution is 9.10. The second kappa shape index (κ2) is 6.02. The number of halogens is 1. The van der Waals surface area contributed by atoms with Crippen molar-refractivity contribution in [2.24, 2.45) is 0 Å². The van der Waals surface area contributed by atoms with Crippen molar-refractivity contribution in [2.75, 3.05) is 13.2 Å². The summed E-state index contributed by atoms with van der Waals surface area (Å²) in [6.07, 6.45) is 0. The third-order valence-electron chi connectivity index (χ3n) is 2.04. The molecular weight excluding hydrogens is 286 g/mol. The molecular formula is C12H16BrNO3. The molecule has 0 aliphatic heterocycles. The van der Waals surface area contributed by atoms with Gasteiger partial charge in [-0.2, -0.15) is 0 Å². The van der Waals surface area contributed by atoms with Crippen LogP contribution in [0.4, 0.5) is 0 Å². The standard InChI is InChI=1S/C12H16BrNO3/c1-12(2,8-15)14-11(16)7-17-10-5-3-4-9(13)6-10/h3-6,15H,7-8H2,1-2H3,(H,14,16). The Labute approximate surface area is 109 Å². The van der Waals surface area contributed by atoms with Crippen LogP contribution in [0, 0.1) is 0 Å². The quantitative estimate of drug-likeness (QED) is 0.870. The number of amides is 1. The van der Waals surface area contributed by atoms with Crippen LogP contribution in [0.2, 0.25) is 0 Å². The van der Waals surface area contributed by atoms with Crippen molar-refractivity contribution >= 4 is 21.8 Å². The van der Waals surface area contributed by atoms with Gasteiger partial charge in [0.2, 0.25) is 0 Å². The second-order valence-electron chi connectivity index (χ2n) is 4.34. The number of carbonyl (C=O) groups is 1. The second-order valence-corrected chi connectivity index (χ2v) is 5.25. The maximum absolute atomic E-state index is 11.5. The molecule has 1 aromatic rings. The zero-order chi connectivity index (χ0) is 12.9. The number of ether oxygens (including phenoxy) is 1. The Morgan fingerprint density at radius 1 is 1.53 bits per heavy atom. The Bertz CT molecular complexity index is 393. The fraction of sp³-hybridized carbons (Fsp3) is 0.417. The molecule has 0 radical (unpaired) electrons. The van der Waals surface area contributed by atoms with Gasteiger partial charge in [-0.15, -0.1) is 0 Å². The largest absolute Gasteiger partial charge is 0.484 e. The van der Waals surface area contributed by atoms with Crippen LogP contribution in [0.1, 0.15) is 13.8 Å². The van der Waals surface area contributed by atoms with Crippen molar-refractivity contribution in [2.45, 2.75) is 19.4 Å². The van der Waals surface area contributed by atoms with Crippen LogP contribution >= 0.6 is 15.9 Å². The summed E-state index contributed by atoms with van der Waals surface area (Å²) < 4.78 is 6.21. The van der Waals surface area contributed by atoms with Gasteiger partial charge in [-0.3, -0.25) is 4.79 Å². The average molecular weight is 302 g/mol. The molecule has 0 saturated heterocycles. The molecule has 0 bridgehead atoms. The summed E-state index contributed by atoms with van der Waals surface area (Å²) in [5.41, 5.74) is -0.627. The minimum absolute atomic E-state index is 0.0696. The maximum atomic E-state index is 11.5. The Morgan fingerprint density at radius 3 is 2.82 bits per heavy atom. The molecule has 94 valence electrons. The third kappa shape index (κ3) is 5.19. The normalized spacial score (nSPS) is 11.1. The highest BCUT2D eigenvalue weighted by atomic mass is 79.9. The monoisotopic (exact) mass is 301 g/mol. The van der Waals surface area contributed by atoms with Crippen LogP contribution < -0.4 is 10.1 Å². The predicted octanol–water partition coefficient (Wildman–Crippen LogP) is 1.71. The smallest absolute Gasteiger partial charge is 0.258 e. The molecule has 1 aromatic carbocycles. The fourth-order valence-electron chi connectivity index (χ4n) is 1.16. The van der Waals surface area contributed by atoms with E-state index in [2.05, 4.69) is 21.2 Å². The number of rotatable bonds is 5. The third-order valence-corrected chi connectivity index (χ3v) is 2.53. The first kappa shape index (κ1) is 14.0. The van der Waals surface area contributed by atoms with Crippen LogP contribution in [0.3, 0.4) is 0 Å². The van der Waals surface area contributed by atoms with Crippen molar-refractivity contribution in [3.05, 3.63) is 28.7 Å². The van der Waals surface area contributed by atoms with Gasteiger partial charge in [0.1, 0.15) is 5.75 Å². The minimum Gasteiger partial charge on any atom is -0.484 e. The van der Waals surface area contributed by atoms with E-state index in [1.54, 1.807) is 26.0 Å². The summed E-state index contributed by atoms with van der Waals surface area (Å²) in [5.74, 6) is 0.361. The SMILES string of the molecule is CC(C)(CO)NC(=O)COc1cccc(Br)c1. The molecule has 0 atom stereocenters. The number of hydrogen-bond acceptors (Lipinski definition) is 3. The zero-order valence-corrected chi connectivity index (χ0v) is 11.5. The van der Waals surface area contributed by atoms with E-state index in [0.29, 0.717) is 5.75 Å². The van der Waals surface area contributed by atoms with E-state index in [9.17, 15) is 4.79 Å². The first-order valence-corrected chi connectivity index (χ1v) is 6.02. The molecule has 0 spiro atoms. The molecule has 0 saturated carbocycles.